The van der Waals surface area contributed by atoms with Crippen molar-refractivity contribution in [3.63, 3.8) is 0 Å². The fourth-order valence-corrected chi connectivity index (χ4v) is 2.02. The van der Waals surface area contributed by atoms with Crippen LogP contribution in [0, 0.1) is 6.92 Å². The number of nitrogens with one attached hydrogen (secondary N) is 2. The second kappa shape index (κ2) is 5.33. The molecule has 1 aliphatic rings. The van der Waals surface area contributed by atoms with E-state index in [2.05, 4.69) is 34.4 Å². The summed E-state index contributed by atoms with van der Waals surface area (Å²) in [5.41, 5.74) is 1.92. The number of carbonyl (C=O) groups excluding carboxylic acids is 1. The van der Waals surface area contributed by atoms with E-state index in [-0.39, 0.29) is 11.9 Å². The molecule has 2 rings (SSSR count). The second-order valence-electron chi connectivity index (χ2n) is 5.04. The Balaban J connectivity index is 2.15. The van der Waals surface area contributed by atoms with Crippen molar-refractivity contribution >= 4 is 11.9 Å². The van der Waals surface area contributed by atoms with Crippen LogP contribution >= 0.6 is 0 Å². The maximum Gasteiger partial charge on any atom is 0.242 e. The SMILES string of the molecule is Cc1cc(C(C)C)nc(NC2CCCNC2=O)n1. The van der Waals surface area contributed by atoms with Gasteiger partial charge in [0.15, 0.2) is 0 Å². The number of nitrogens with zero attached hydrogens (tertiary/aromatic N) is 2. The van der Waals surface area contributed by atoms with Gasteiger partial charge >= 0.3 is 0 Å². The molecule has 2 N–H and O–H groups in total. The first-order chi connectivity index (χ1) is 8.56. The van der Waals surface area contributed by atoms with Crippen LogP contribution < -0.4 is 10.6 Å². The summed E-state index contributed by atoms with van der Waals surface area (Å²) in [6.45, 7) is 6.90. The Morgan fingerprint density at radius 2 is 2.22 bits per heavy atom. The monoisotopic (exact) mass is 248 g/mol. The highest BCUT2D eigenvalue weighted by Gasteiger charge is 2.22. The van der Waals surface area contributed by atoms with Gasteiger partial charge in [-0.15, -0.1) is 0 Å². The Labute approximate surface area is 107 Å². The predicted octanol–water partition coefficient (Wildman–Crippen LogP) is 1.60. The number of aromatic nitrogens is 2. The lowest BCUT2D eigenvalue weighted by molar-refractivity contribution is -0.123. The number of amides is 1. The highest BCUT2D eigenvalue weighted by Crippen LogP contribution is 2.16. The van der Waals surface area contributed by atoms with E-state index in [1.807, 2.05) is 13.0 Å². The van der Waals surface area contributed by atoms with E-state index < -0.39 is 0 Å². The van der Waals surface area contributed by atoms with Crippen LogP contribution in [0.15, 0.2) is 6.07 Å². The maximum atomic E-state index is 11.7. The number of piperidine rings is 1. The molecule has 0 aliphatic carbocycles. The molecule has 18 heavy (non-hydrogen) atoms. The second-order valence-corrected chi connectivity index (χ2v) is 5.04. The molecule has 1 aromatic heterocycles. The van der Waals surface area contributed by atoms with Crippen molar-refractivity contribution in [2.24, 2.45) is 0 Å². The average molecular weight is 248 g/mol. The maximum absolute atomic E-state index is 11.7. The van der Waals surface area contributed by atoms with Gasteiger partial charge in [-0.05, 0) is 31.7 Å². The lowest BCUT2D eigenvalue weighted by atomic mass is 10.1. The van der Waals surface area contributed by atoms with E-state index >= 15 is 0 Å². The molecule has 1 fully saturated rings. The van der Waals surface area contributed by atoms with Crippen LogP contribution in [0.4, 0.5) is 5.95 Å². The summed E-state index contributed by atoms with van der Waals surface area (Å²) in [6, 6.07) is 1.78. The first-order valence-corrected chi connectivity index (χ1v) is 6.46. The van der Waals surface area contributed by atoms with Crippen LogP contribution in [-0.4, -0.2) is 28.5 Å². The zero-order valence-corrected chi connectivity index (χ0v) is 11.2. The summed E-state index contributed by atoms with van der Waals surface area (Å²) in [7, 11) is 0. The van der Waals surface area contributed by atoms with Crippen LogP contribution in [0.5, 0.6) is 0 Å². The minimum absolute atomic E-state index is 0.0393. The van der Waals surface area contributed by atoms with E-state index in [0.717, 1.165) is 30.8 Å². The van der Waals surface area contributed by atoms with Gasteiger partial charge in [-0.2, -0.15) is 0 Å². The van der Waals surface area contributed by atoms with Crippen LogP contribution in [0.25, 0.3) is 0 Å². The molecule has 0 bridgehead atoms. The Bertz CT molecular complexity index is 445. The zero-order valence-electron chi connectivity index (χ0n) is 11.2. The number of carbonyl (C=O) groups is 1. The van der Waals surface area contributed by atoms with E-state index in [1.54, 1.807) is 0 Å². The van der Waals surface area contributed by atoms with Crippen LogP contribution in [-0.2, 0) is 4.79 Å². The van der Waals surface area contributed by atoms with Crippen LogP contribution in [0.2, 0.25) is 0 Å². The lowest BCUT2D eigenvalue weighted by Gasteiger charge is -2.23. The highest BCUT2D eigenvalue weighted by molar-refractivity contribution is 5.84. The van der Waals surface area contributed by atoms with Gasteiger partial charge in [-0.3, -0.25) is 4.79 Å². The van der Waals surface area contributed by atoms with Gasteiger partial charge in [0.1, 0.15) is 6.04 Å². The summed E-state index contributed by atoms with van der Waals surface area (Å²) < 4.78 is 0. The van der Waals surface area contributed by atoms with Crippen molar-refractivity contribution in [2.45, 2.75) is 45.6 Å². The van der Waals surface area contributed by atoms with Crippen molar-refractivity contribution in [1.29, 1.82) is 0 Å². The van der Waals surface area contributed by atoms with Gasteiger partial charge in [0.05, 0.1) is 0 Å². The Morgan fingerprint density at radius 3 is 2.89 bits per heavy atom. The fraction of sp³-hybridized carbons (Fsp3) is 0.615. The molecule has 1 aromatic rings. The predicted molar refractivity (Wildman–Crippen MR) is 70.5 cm³/mol. The number of rotatable bonds is 3. The largest absolute Gasteiger partial charge is 0.354 e. The molecule has 0 aromatic carbocycles. The first kappa shape index (κ1) is 12.8. The smallest absolute Gasteiger partial charge is 0.242 e. The topological polar surface area (TPSA) is 66.9 Å². The van der Waals surface area contributed by atoms with Crippen molar-refractivity contribution < 1.29 is 4.79 Å². The number of anilines is 1. The quantitative estimate of drug-likeness (QED) is 0.852. The molecular formula is C13H20N4O. The summed E-state index contributed by atoms with van der Waals surface area (Å²) >= 11 is 0. The summed E-state index contributed by atoms with van der Waals surface area (Å²) in [5.74, 6) is 0.950. The molecule has 1 unspecified atom stereocenters. The molecule has 0 saturated carbocycles. The first-order valence-electron chi connectivity index (χ1n) is 6.46. The molecule has 5 heteroatoms. The van der Waals surface area contributed by atoms with Crippen molar-refractivity contribution in [3.8, 4) is 0 Å². The van der Waals surface area contributed by atoms with E-state index in [1.165, 1.54) is 0 Å². The summed E-state index contributed by atoms with van der Waals surface area (Å²) in [5, 5.41) is 5.98. The third kappa shape index (κ3) is 2.97. The van der Waals surface area contributed by atoms with Crippen LogP contribution in [0.3, 0.4) is 0 Å². The molecule has 5 nitrogen and oxygen atoms in total. The Morgan fingerprint density at radius 1 is 1.44 bits per heavy atom. The van der Waals surface area contributed by atoms with E-state index in [4.69, 9.17) is 0 Å². The zero-order chi connectivity index (χ0) is 13.1. The molecule has 98 valence electrons. The van der Waals surface area contributed by atoms with Crippen molar-refractivity contribution in [3.05, 3.63) is 17.5 Å². The average Bonchev–Trinajstić information content (AvgIpc) is 2.31. The van der Waals surface area contributed by atoms with Crippen LogP contribution in [0.1, 0.15) is 44.0 Å². The fourth-order valence-electron chi connectivity index (χ4n) is 2.02. The molecular weight excluding hydrogens is 228 g/mol. The molecule has 1 aliphatic heterocycles. The minimum Gasteiger partial charge on any atom is -0.354 e. The molecule has 1 saturated heterocycles. The van der Waals surface area contributed by atoms with Gasteiger partial charge < -0.3 is 10.6 Å². The third-order valence-electron chi connectivity index (χ3n) is 3.05. The highest BCUT2D eigenvalue weighted by atomic mass is 16.2. The molecule has 1 amide bonds. The third-order valence-corrected chi connectivity index (χ3v) is 3.05. The molecule has 0 radical (unpaired) electrons. The normalized spacial score (nSPS) is 19.8. The summed E-state index contributed by atoms with van der Waals surface area (Å²) in [6.07, 6.45) is 1.83. The Hall–Kier alpha value is -1.65. The standard InChI is InChI=1S/C13H20N4O/c1-8(2)11-7-9(3)15-13(17-11)16-10-5-4-6-14-12(10)18/h7-8,10H,4-6H2,1-3H3,(H,14,18)(H,15,16,17). The molecule has 0 spiro atoms. The van der Waals surface area contributed by atoms with Gasteiger partial charge in [-0.1, -0.05) is 13.8 Å². The van der Waals surface area contributed by atoms with Gasteiger partial charge in [0.2, 0.25) is 11.9 Å². The van der Waals surface area contributed by atoms with Gasteiger partial charge in [-0.25, -0.2) is 9.97 Å². The van der Waals surface area contributed by atoms with E-state index in [0.29, 0.717) is 11.9 Å². The van der Waals surface area contributed by atoms with Gasteiger partial charge in [0.25, 0.3) is 0 Å². The van der Waals surface area contributed by atoms with E-state index in [9.17, 15) is 4.79 Å². The van der Waals surface area contributed by atoms with Gasteiger partial charge in [0, 0.05) is 17.9 Å². The lowest BCUT2D eigenvalue weighted by Crippen LogP contribution is -2.44. The number of hydrogen-bond acceptors (Lipinski definition) is 4. The van der Waals surface area contributed by atoms with Crippen molar-refractivity contribution in [2.75, 3.05) is 11.9 Å². The molecule has 1 atom stereocenters. The minimum atomic E-state index is -0.208. The number of aryl methyl sites for hydroxylation is 1. The molecule has 2 heterocycles. The number of hydrogen-bond donors (Lipinski definition) is 2. The van der Waals surface area contributed by atoms with Crippen molar-refractivity contribution in [1.82, 2.24) is 15.3 Å². The summed E-state index contributed by atoms with van der Waals surface area (Å²) in [4.78, 5) is 20.5. The Kier molecular flexibility index (Phi) is 3.79.